The Morgan fingerprint density at radius 3 is 2.76 bits per heavy atom. The summed E-state index contributed by atoms with van der Waals surface area (Å²) < 4.78 is 0. The van der Waals surface area contributed by atoms with Crippen LogP contribution >= 0.6 is 11.8 Å². The maximum Gasteiger partial charge on any atom is 0.353 e. The number of hydrogen-bond donors (Lipinski definition) is 3. The van der Waals surface area contributed by atoms with E-state index in [2.05, 4.69) is 4.98 Å². The van der Waals surface area contributed by atoms with Gasteiger partial charge in [0, 0.05) is 16.7 Å². The van der Waals surface area contributed by atoms with E-state index in [4.69, 9.17) is 5.73 Å². The van der Waals surface area contributed by atoms with Crippen LogP contribution in [0.25, 0.3) is 4.91 Å². The largest absolute Gasteiger partial charge is 0.477 e. The van der Waals surface area contributed by atoms with Gasteiger partial charge in [-0.3, -0.25) is 9.69 Å². The molecule has 0 bridgehead atoms. The number of anilines is 1. The highest BCUT2D eigenvalue weighted by atomic mass is 32.2. The molecule has 1 aromatic rings. The number of amides is 1. The van der Waals surface area contributed by atoms with E-state index in [-0.39, 0.29) is 17.0 Å². The van der Waals surface area contributed by atoms with Gasteiger partial charge in [-0.25, -0.2) is 9.78 Å². The van der Waals surface area contributed by atoms with Crippen molar-refractivity contribution in [3.63, 3.8) is 0 Å². The molecule has 0 unspecified atom stereocenters. The number of carbonyl (C=O) groups is 2. The van der Waals surface area contributed by atoms with Gasteiger partial charge in [0.15, 0.2) is 0 Å². The minimum atomic E-state index is -1.17. The zero-order valence-electron chi connectivity index (χ0n) is 11.1. The fourth-order valence-electron chi connectivity index (χ4n) is 2.52. The number of carbonyl (C=O) groups excluding carboxylic acids is 1. The van der Waals surface area contributed by atoms with Crippen molar-refractivity contribution >= 4 is 34.4 Å². The van der Waals surface area contributed by atoms with Crippen molar-refractivity contribution in [2.75, 3.05) is 5.73 Å². The van der Waals surface area contributed by atoms with E-state index in [1.54, 1.807) is 12.1 Å². The van der Waals surface area contributed by atoms with Gasteiger partial charge in [-0.1, -0.05) is 11.8 Å². The van der Waals surface area contributed by atoms with E-state index < -0.39 is 18.0 Å². The average Bonchev–Trinajstić information content (AvgIpc) is 2.74. The predicted molar refractivity (Wildman–Crippen MR) is 76.6 cm³/mol. The molecule has 110 valence electrons. The molecule has 0 saturated carbocycles. The fourth-order valence-corrected chi connectivity index (χ4v) is 4.13. The van der Waals surface area contributed by atoms with E-state index in [0.29, 0.717) is 16.3 Å². The molecule has 1 fully saturated rings. The normalized spacial score (nSPS) is 25.6. The second-order valence-electron chi connectivity index (χ2n) is 4.94. The maximum atomic E-state index is 12.0. The Morgan fingerprint density at radius 2 is 2.24 bits per heavy atom. The van der Waals surface area contributed by atoms with Crippen LogP contribution < -0.4 is 5.73 Å². The molecular weight excluding hydrogens is 294 g/mol. The Morgan fingerprint density at radius 1 is 1.52 bits per heavy atom. The highest BCUT2D eigenvalue weighted by molar-refractivity contribution is 8.09. The molecule has 1 amide bonds. The monoisotopic (exact) mass is 307 g/mol. The molecule has 2 aliphatic heterocycles. The third kappa shape index (κ3) is 1.98. The summed E-state index contributed by atoms with van der Waals surface area (Å²) in [5.41, 5.74) is 6.06. The first kappa shape index (κ1) is 13.9. The Kier molecular flexibility index (Phi) is 3.14. The Labute approximate surface area is 124 Å². The number of nitrogens with zero attached hydrogens (tertiary/aromatic N) is 2. The average molecular weight is 307 g/mol. The minimum absolute atomic E-state index is 0.0570. The molecule has 0 radical (unpaired) electrons. The van der Waals surface area contributed by atoms with Crippen LogP contribution in [-0.4, -0.2) is 43.5 Å². The zero-order chi connectivity index (χ0) is 15.3. The van der Waals surface area contributed by atoms with Crippen molar-refractivity contribution in [2.24, 2.45) is 5.92 Å². The highest BCUT2D eigenvalue weighted by Gasteiger charge is 2.57. The molecule has 0 spiro atoms. The first-order chi connectivity index (χ1) is 9.91. The third-order valence-electron chi connectivity index (χ3n) is 3.55. The van der Waals surface area contributed by atoms with Crippen LogP contribution in [0.15, 0.2) is 24.0 Å². The number of aromatic nitrogens is 1. The van der Waals surface area contributed by atoms with Gasteiger partial charge in [0.05, 0.1) is 12.0 Å². The smallest absolute Gasteiger partial charge is 0.353 e. The number of pyridine rings is 1. The van der Waals surface area contributed by atoms with Gasteiger partial charge in [-0.15, -0.1) is 0 Å². The van der Waals surface area contributed by atoms with Crippen molar-refractivity contribution in [2.45, 2.75) is 18.4 Å². The van der Waals surface area contributed by atoms with E-state index in [1.165, 1.54) is 29.8 Å². The maximum absolute atomic E-state index is 12.0. The molecule has 0 aromatic carbocycles. The zero-order valence-corrected chi connectivity index (χ0v) is 11.9. The van der Waals surface area contributed by atoms with Gasteiger partial charge < -0.3 is 15.9 Å². The minimum Gasteiger partial charge on any atom is -0.477 e. The van der Waals surface area contributed by atoms with Crippen molar-refractivity contribution in [1.29, 1.82) is 0 Å². The SMILES string of the molecule is C[C@@H](O)[C@H]1C(=O)N2C(C(=O)O)=C(c3ccc(N)nc3)S[C@H]12. The van der Waals surface area contributed by atoms with Crippen LogP contribution in [0.4, 0.5) is 5.82 Å². The summed E-state index contributed by atoms with van der Waals surface area (Å²) in [5.74, 6) is -1.78. The number of aliphatic hydroxyl groups is 1. The van der Waals surface area contributed by atoms with Crippen molar-refractivity contribution in [3.8, 4) is 0 Å². The van der Waals surface area contributed by atoms with Gasteiger partial charge >= 0.3 is 5.97 Å². The molecule has 3 rings (SSSR count). The molecular formula is C13H13N3O4S. The third-order valence-corrected chi connectivity index (χ3v) is 4.96. The van der Waals surface area contributed by atoms with E-state index in [9.17, 15) is 19.8 Å². The number of nitrogen functional groups attached to an aromatic ring is 1. The predicted octanol–water partition coefficient (Wildman–Crippen LogP) is 0.329. The van der Waals surface area contributed by atoms with Crippen LogP contribution in [0.5, 0.6) is 0 Å². The molecule has 7 nitrogen and oxygen atoms in total. The molecule has 8 heteroatoms. The standard InChI is InChI=1S/C13H13N3O4S/c1-5(17)8-11(18)16-9(13(19)20)10(21-12(8)16)6-2-3-7(14)15-4-6/h2-5,8,12,17H,1H3,(H2,14,15)(H,19,20)/t5-,8+,12-/m1/s1. The molecule has 1 aromatic heterocycles. The lowest BCUT2D eigenvalue weighted by Gasteiger charge is -2.43. The van der Waals surface area contributed by atoms with E-state index in [0.717, 1.165) is 0 Å². The lowest BCUT2D eigenvalue weighted by molar-refractivity contribution is -0.156. The number of β-lactam (4-membered cyclic amide) rings is 1. The molecule has 2 aliphatic rings. The van der Waals surface area contributed by atoms with Crippen molar-refractivity contribution < 1.29 is 19.8 Å². The molecule has 3 heterocycles. The summed E-state index contributed by atoms with van der Waals surface area (Å²) in [4.78, 5) is 29.2. The second-order valence-corrected chi connectivity index (χ2v) is 6.06. The highest BCUT2D eigenvalue weighted by Crippen LogP contribution is 2.53. The molecule has 21 heavy (non-hydrogen) atoms. The summed E-state index contributed by atoms with van der Waals surface area (Å²) in [5, 5.41) is 18.7. The lowest BCUT2D eigenvalue weighted by Crippen LogP contribution is -2.60. The number of aliphatic hydroxyl groups excluding tert-OH is 1. The summed E-state index contributed by atoms with van der Waals surface area (Å²) in [6, 6.07) is 3.24. The summed E-state index contributed by atoms with van der Waals surface area (Å²) in [6.45, 7) is 1.53. The van der Waals surface area contributed by atoms with Crippen molar-refractivity contribution in [3.05, 3.63) is 29.6 Å². The number of rotatable bonds is 3. The number of carboxylic acids is 1. The molecule has 1 saturated heterocycles. The van der Waals surface area contributed by atoms with Crippen LogP contribution in [0, 0.1) is 5.92 Å². The van der Waals surface area contributed by atoms with Crippen LogP contribution in [0.1, 0.15) is 12.5 Å². The number of aliphatic carboxylic acids is 1. The van der Waals surface area contributed by atoms with E-state index >= 15 is 0 Å². The number of fused-ring (bicyclic) bond motifs is 1. The summed E-state index contributed by atoms with van der Waals surface area (Å²) in [6.07, 6.45) is 0.666. The molecule has 0 aliphatic carbocycles. The topological polar surface area (TPSA) is 117 Å². The van der Waals surface area contributed by atoms with Crippen LogP contribution in [0.3, 0.4) is 0 Å². The van der Waals surface area contributed by atoms with Gasteiger partial charge in [0.1, 0.15) is 16.9 Å². The lowest BCUT2D eigenvalue weighted by atomic mass is 9.92. The Balaban J connectivity index is 2.02. The van der Waals surface area contributed by atoms with Crippen molar-refractivity contribution in [1.82, 2.24) is 9.88 Å². The first-order valence-corrected chi connectivity index (χ1v) is 7.17. The fraction of sp³-hybridized carbons (Fsp3) is 0.308. The molecule has 3 atom stereocenters. The number of thioether (sulfide) groups is 1. The summed E-state index contributed by atoms with van der Waals surface area (Å²) in [7, 11) is 0. The quantitative estimate of drug-likeness (QED) is 0.689. The van der Waals surface area contributed by atoms with Crippen LogP contribution in [0.2, 0.25) is 0 Å². The summed E-state index contributed by atoms with van der Waals surface area (Å²) >= 11 is 1.26. The van der Waals surface area contributed by atoms with Gasteiger partial charge in [0.25, 0.3) is 0 Å². The molecule has 4 N–H and O–H groups in total. The number of carboxylic acid groups (broad SMARTS) is 1. The Bertz CT molecular complexity index is 656. The van der Waals surface area contributed by atoms with E-state index in [1.807, 2.05) is 0 Å². The number of nitrogens with two attached hydrogens (primary N) is 1. The van der Waals surface area contributed by atoms with Gasteiger partial charge in [-0.05, 0) is 19.1 Å². The van der Waals surface area contributed by atoms with Gasteiger partial charge in [0.2, 0.25) is 5.91 Å². The second kappa shape index (κ2) is 4.74. The number of hydrogen-bond acceptors (Lipinski definition) is 6. The first-order valence-electron chi connectivity index (χ1n) is 6.29. The Hall–Kier alpha value is -2.06. The van der Waals surface area contributed by atoms with Gasteiger partial charge in [-0.2, -0.15) is 0 Å². The van der Waals surface area contributed by atoms with Crippen LogP contribution in [-0.2, 0) is 9.59 Å².